The molecule has 1 saturated heterocycles. The maximum Gasteiger partial charge on any atom is 0.294 e. The summed E-state index contributed by atoms with van der Waals surface area (Å²) < 4.78 is 30.2. The highest BCUT2D eigenvalue weighted by Gasteiger charge is 2.36. The number of fused-ring (bicyclic) bond motifs is 1. The molecule has 0 aliphatic carbocycles. The predicted octanol–water partition coefficient (Wildman–Crippen LogP) is 5.46. The molecule has 0 radical (unpaired) electrons. The molecule has 0 bridgehead atoms. The lowest BCUT2D eigenvalue weighted by atomic mass is 10.2. The van der Waals surface area contributed by atoms with Crippen molar-refractivity contribution >= 4 is 52.2 Å². The molecule has 0 unspecified atom stereocenters. The molecule has 3 amide bonds. The number of ether oxygens (including phenoxy) is 3. The van der Waals surface area contributed by atoms with Gasteiger partial charge in [-0.25, -0.2) is 4.39 Å². The number of halogens is 2. The molecular weight excluding hydrogens is 523 g/mol. The number of imide groups is 1. The molecule has 3 aromatic rings. The Hall–Kier alpha value is -4.02. The Balaban J connectivity index is 1.23. The number of hydrogen-bond donors (Lipinski definition) is 1. The van der Waals surface area contributed by atoms with Gasteiger partial charge in [0, 0.05) is 17.3 Å². The largest absolute Gasteiger partial charge is 0.489 e. The summed E-state index contributed by atoms with van der Waals surface area (Å²) in [6.07, 6.45) is 1.53. The van der Waals surface area contributed by atoms with Crippen molar-refractivity contribution in [3.8, 4) is 17.2 Å². The first kappa shape index (κ1) is 24.7. The van der Waals surface area contributed by atoms with E-state index in [1.807, 2.05) is 0 Å². The van der Waals surface area contributed by atoms with Gasteiger partial charge in [-0.05, 0) is 59.8 Å². The van der Waals surface area contributed by atoms with Gasteiger partial charge >= 0.3 is 0 Å². The Kier molecular flexibility index (Phi) is 7.02. The Labute approximate surface area is 219 Å². The van der Waals surface area contributed by atoms with Gasteiger partial charge in [-0.15, -0.1) is 0 Å². The summed E-state index contributed by atoms with van der Waals surface area (Å²) in [5.74, 6) is -0.102. The fraction of sp³-hybridized carbons (Fsp3) is 0.115. The average molecular weight is 541 g/mol. The van der Waals surface area contributed by atoms with E-state index < -0.39 is 29.4 Å². The standard InChI is InChI=1S/C26H18ClFN2O6S/c27-19-5-2-6-20(28)18(19)13-34-17-4-1-3-15(9-17)10-23-25(32)30(26(33)37-23)12-24(31)29-16-7-8-21-22(11-16)36-14-35-21/h1-11H,12-14H2,(H,29,31)/b23-10+. The zero-order chi connectivity index (χ0) is 25.9. The minimum absolute atomic E-state index is 0.0794. The van der Waals surface area contributed by atoms with E-state index in [1.54, 1.807) is 48.5 Å². The van der Waals surface area contributed by atoms with Crippen LogP contribution in [-0.4, -0.2) is 35.3 Å². The maximum atomic E-state index is 14.0. The summed E-state index contributed by atoms with van der Waals surface area (Å²) >= 11 is 6.78. The van der Waals surface area contributed by atoms with E-state index in [0.717, 1.165) is 16.7 Å². The SMILES string of the molecule is O=C(CN1C(=O)S/C(=C/c2cccc(OCc3c(F)cccc3Cl)c2)C1=O)Nc1ccc2c(c1)OCO2. The third-order valence-electron chi connectivity index (χ3n) is 5.43. The van der Waals surface area contributed by atoms with Crippen molar-refractivity contribution in [2.45, 2.75) is 6.61 Å². The molecule has 0 atom stereocenters. The molecule has 0 spiro atoms. The van der Waals surface area contributed by atoms with Crippen molar-refractivity contribution in [2.75, 3.05) is 18.7 Å². The maximum absolute atomic E-state index is 14.0. The highest BCUT2D eigenvalue weighted by atomic mass is 35.5. The number of benzene rings is 3. The summed E-state index contributed by atoms with van der Waals surface area (Å²) in [4.78, 5) is 38.8. The molecule has 37 heavy (non-hydrogen) atoms. The van der Waals surface area contributed by atoms with Crippen LogP contribution in [0, 0.1) is 5.82 Å². The summed E-state index contributed by atoms with van der Waals surface area (Å²) in [6, 6.07) is 16.0. The van der Waals surface area contributed by atoms with E-state index >= 15 is 0 Å². The number of carbonyl (C=O) groups excluding carboxylic acids is 3. The second-order valence-electron chi connectivity index (χ2n) is 7.95. The third kappa shape index (κ3) is 5.55. The van der Waals surface area contributed by atoms with Crippen molar-refractivity contribution < 1.29 is 33.0 Å². The van der Waals surface area contributed by atoms with Crippen molar-refractivity contribution in [2.24, 2.45) is 0 Å². The molecule has 8 nitrogen and oxygen atoms in total. The molecule has 11 heteroatoms. The van der Waals surface area contributed by atoms with Crippen LogP contribution in [0.5, 0.6) is 17.2 Å². The molecule has 188 valence electrons. The lowest BCUT2D eigenvalue weighted by Crippen LogP contribution is -2.36. The summed E-state index contributed by atoms with van der Waals surface area (Å²) in [7, 11) is 0. The van der Waals surface area contributed by atoms with Crippen molar-refractivity contribution in [1.29, 1.82) is 0 Å². The van der Waals surface area contributed by atoms with E-state index in [2.05, 4.69) is 5.32 Å². The van der Waals surface area contributed by atoms with Gasteiger partial charge in [0.25, 0.3) is 11.1 Å². The second-order valence-corrected chi connectivity index (χ2v) is 9.35. The normalized spacial score (nSPS) is 15.4. The zero-order valence-corrected chi connectivity index (χ0v) is 20.6. The van der Waals surface area contributed by atoms with Crippen LogP contribution in [0.1, 0.15) is 11.1 Å². The van der Waals surface area contributed by atoms with Gasteiger partial charge in [0.15, 0.2) is 11.5 Å². The van der Waals surface area contributed by atoms with Gasteiger partial charge in [-0.1, -0.05) is 29.8 Å². The first-order valence-electron chi connectivity index (χ1n) is 11.0. The Morgan fingerprint density at radius 2 is 1.92 bits per heavy atom. The highest BCUT2D eigenvalue weighted by Crippen LogP contribution is 2.35. The highest BCUT2D eigenvalue weighted by molar-refractivity contribution is 8.18. The van der Waals surface area contributed by atoms with Crippen LogP contribution < -0.4 is 19.5 Å². The van der Waals surface area contributed by atoms with E-state index in [1.165, 1.54) is 18.2 Å². The summed E-state index contributed by atoms with van der Waals surface area (Å²) in [5.41, 5.74) is 1.27. The fourth-order valence-electron chi connectivity index (χ4n) is 3.63. The van der Waals surface area contributed by atoms with E-state index in [4.69, 9.17) is 25.8 Å². The lowest BCUT2D eigenvalue weighted by molar-refractivity contribution is -0.127. The first-order chi connectivity index (χ1) is 17.9. The van der Waals surface area contributed by atoms with Crippen LogP contribution in [0.2, 0.25) is 5.02 Å². The van der Waals surface area contributed by atoms with E-state index in [9.17, 15) is 18.8 Å². The number of thioether (sulfide) groups is 1. The number of amides is 3. The van der Waals surface area contributed by atoms with Gasteiger partial charge in [0.2, 0.25) is 12.7 Å². The first-order valence-corrected chi connectivity index (χ1v) is 12.2. The van der Waals surface area contributed by atoms with Gasteiger partial charge in [0.05, 0.1) is 9.93 Å². The van der Waals surface area contributed by atoms with Gasteiger partial charge in [0.1, 0.15) is 24.7 Å². The van der Waals surface area contributed by atoms with Crippen LogP contribution in [0.3, 0.4) is 0 Å². The lowest BCUT2D eigenvalue weighted by Gasteiger charge is -2.12. The average Bonchev–Trinajstić information content (AvgIpc) is 3.43. The fourth-order valence-corrected chi connectivity index (χ4v) is 4.68. The molecule has 0 saturated carbocycles. The van der Waals surface area contributed by atoms with Crippen LogP contribution in [0.25, 0.3) is 6.08 Å². The van der Waals surface area contributed by atoms with Crippen molar-refractivity contribution in [3.05, 3.63) is 87.5 Å². The Morgan fingerprint density at radius 1 is 1.11 bits per heavy atom. The number of nitrogens with one attached hydrogen (secondary N) is 1. The molecule has 5 rings (SSSR count). The topological polar surface area (TPSA) is 94.2 Å². The van der Waals surface area contributed by atoms with Crippen molar-refractivity contribution in [1.82, 2.24) is 4.90 Å². The van der Waals surface area contributed by atoms with E-state index in [0.29, 0.717) is 28.5 Å². The number of carbonyl (C=O) groups is 3. The number of anilines is 1. The number of nitrogens with zero attached hydrogens (tertiary/aromatic N) is 1. The molecule has 2 heterocycles. The minimum atomic E-state index is -0.583. The predicted molar refractivity (Wildman–Crippen MR) is 136 cm³/mol. The van der Waals surface area contributed by atoms with Crippen LogP contribution in [0.15, 0.2) is 65.6 Å². The van der Waals surface area contributed by atoms with Crippen LogP contribution in [-0.2, 0) is 16.2 Å². The molecule has 2 aliphatic heterocycles. The molecule has 0 aromatic heterocycles. The van der Waals surface area contributed by atoms with Crippen LogP contribution in [0.4, 0.5) is 14.9 Å². The smallest absolute Gasteiger partial charge is 0.294 e. The monoisotopic (exact) mass is 540 g/mol. The molecule has 1 fully saturated rings. The van der Waals surface area contributed by atoms with E-state index in [-0.39, 0.29) is 28.9 Å². The minimum Gasteiger partial charge on any atom is -0.489 e. The molecule has 3 aromatic carbocycles. The van der Waals surface area contributed by atoms with Gasteiger partial charge < -0.3 is 19.5 Å². The molecule has 2 aliphatic rings. The van der Waals surface area contributed by atoms with Crippen LogP contribution >= 0.6 is 23.4 Å². The second kappa shape index (κ2) is 10.5. The summed E-state index contributed by atoms with van der Waals surface area (Å²) in [5, 5.41) is 2.35. The van der Waals surface area contributed by atoms with Gasteiger partial charge in [-0.2, -0.15) is 0 Å². The van der Waals surface area contributed by atoms with Crippen molar-refractivity contribution in [3.63, 3.8) is 0 Å². The quantitative estimate of drug-likeness (QED) is 0.398. The third-order valence-corrected chi connectivity index (χ3v) is 6.69. The molecular formula is C26H18ClFN2O6S. The molecule has 1 N–H and O–H groups in total. The zero-order valence-electron chi connectivity index (χ0n) is 19.0. The Morgan fingerprint density at radius 3 is 2.76 bits per heavy atom. The Bertz CT molecular complexity index is 1430. The van der Waals surface area contributed by atoms with Gasteiger partial charge in [-0.3, -0.25) is 19.3 Å². The summed E-state index contributed by atoms with van der Waals surface area (Å²) in [6.45, 7) is -0.419. The number of rotatable bonds is 7. The number of hydrogen-bond acceptors (Lipinski definition) is 7.